The van der Waals surface area contributed by atoms with E-state index in [0.717, 1.165) is 17.5 Å². The van der Waals surface area contributed by atoms with Crippen LogP contribution in [0.5, 0.6) is 5.75 Å². The average Bonchev–Trinajstić information content (AvgIpc) is 3.00. The highest BCUT2D eigenvalue weighted by Crippen LogP contribution is 2.33. The minimum absolute atomic E-state index is 0.168. The second kappa shape index (κ2) is 5.43. The van der Waals surface area contributed by atoms with Crippen LogP contribution in [0, 0.1) is 11.3 Å². The number of nitrogens with zero attached hydrogens (tertiary/aromatic N) is 2. The van der Waals surface area contributed by atoms with E-state index in [0.29, 0.717) is 24.5 Å². The van der Waals surface area contributed by atoms with Crippen molar-refractivity contribution in [2.75, 3.05) is 18.9 Å². The van der Waals surface area contributed by atoms with Crippen molar-refractivity contribution < 1.29 is 9.84 Å². The standard InChI is InChI=1S/C16H15N3O2/c17-8-14-13(11-4-5-21-9-11)7-15(19-16(14)18)10-2-1-3-12(20)6-10/h1-3,6-7,11,20H,4-5,9H2,(H2,18,19). The zero-order valence-corrected chi connectivity index (χ0v) is 11.4. The third kappa shape index (κ3) is 2.54. The van der Waals surface area contributed by atoms with Crippen molar-refractivity contribution in [3.05, 3.63) is 41.5 Å². The maximum Gasteiger partial charge on any atom is 0.142 e. The van der Waals surface area contributed by atoms with E-state index in [4.69, 9.17) is 10.5 Å². The van der Waals surface area contributed by atoms with E-state index >= 15 is 0 Å². The van der Waals surface area contributed by atoms with Gasteiger partial charge in [0.25, 0.3) is 0 Å². The van der Waals surface area contributed by atoms with Crippen LogP contribution in [0.2, 0.25) is 0 Å². The molecule has 3 N–H and O–H groups in total. The minimum Gasteiger partial charge on any atom is -0.508 e. The normalized spacial score (nSPS) is 17.6. The molecule has 0 spiro atoms. The summed E-state index contributed by atoms with van der Waals surface area (Å²) in [6.07, 6.45) is 0.873. The van der Waals surface area contributed by atoms with Gasteiger partial charge in [-0.05, 0) is 30.2 Å². The average molecular weight is 281 g/mol. The van der Waals surface area contributed by atoms with Crippen LogP contribution in [0.15, 0.2) is 30.3 Å². The Morgan fingerprint density at radius 1 is 1.38 bits per heavy atom. The fourth-order valence-electron chi connectivity index (χ4n) is 2.62. The van der Waals surface area contributed by atoms with Crippen molar-refractivity contribution in [3.8, 4) is 23.1 Å². The molecule has 1 aromatic heterocycles. The summed E-state index contributed by atoms with van der Waals surface area (Å²) in [5, 5.41) is 18.9. The monoisotopic (exact) mass is 281 g/mol. The molecule has 1 aliphatic heterocycles. The third-order valence-electron chi connectivity index (χ3n) is 3.70. The van der Waals surface area contributed by atoms with Crippen molar-refractivity contribution in [2.45, 2.75) is 12.3 Å². The predicted molar refractivity (Wildman–Crippen MR) is 78.6 cm³/mol. The number of phenols is 1. The first-order chi connectivity index (χ1) is 10.2. The number of phenolic OH excluding ortho intramolecular Hbond substituents is 1. The van der Waals surface area contributed by atoms with Gasteiger partial charge in [0, 0.05) is 18.1 Å². The van der Waals surface area contributed by atoms with Crippen LogP contribution in [0.4, 0.5) is 5.82 Å². The Labute approximate surface area is 122 Å². The smallest absolute Gasteiger partial charge is 0.142 e. The Bertz CT molecular complexity index is 716. The Balaban J connectivity index is 2.13. The molecule has 3 rings (SSSR count). The lowest BCUT2D eigenvalue weighted by molar-refractivity contribution is 0.194. The molecule has 0 saturated carbocycles. The van der Waals surface area contributed by atoms with Gasteiger partial charge in [-0.15, -0.1) is 0 Å². The first-order valence-electron chi connectivity index (χ1n) is 6.76. The van der Waals surface area contributed by atoms with Gasteiger partial charge >= 0.3 is 0 Å². The Morgan fingerprint density at radius 2 is 2.24 bits per heavy atom. The van der Waals surface area contributed by atoms with Crippen molar-refractivity contribution >= 4 is 5.82 Å². The van der Waals surface area contributed by atoms with Crippen LogP contribution in [-0.4, -0.2) is 23.3 Å². The highest BCUT2D eigenvalue weighted by Gasteiger charge is 2.23. The molecular weight excluding hydrogens is 266 g/mol. The fraction of sp³-hybridized carbons (Fsp3) is 0.250. The van der Waals surface area contributed by atoms with Gasteiger partial charge in [-0.25, -0.2) is 4.98 Å². The van der Waals surface area contributed by atoms with E-state index in [1.54, 1.807) is 18.2 Å². The predicted octanol–water partition coefficient (Wildman–Crippen LogP) is 2.41. The summed E-state index contributed by atoms with van der Waals surface area (Å²) in [6.45, 7) is 1.29. The number of hydrogen-bond acceptors (Lipinski definition) is 5. The second-order valence-electron chi connectivity index (χ2n) is 5.08. The fourth-order valence-corrected chi connectivity index (χ4v) is 2.62. The van der Waals surface area contributed by atoms with E-state index in [2.05, 4.69) is 11.1 Å². The molecule has 1 saturated heterocycles. The molecule has 1 fully saturated rings. The van der Waals surface area contributed by atoms with E-state index in [1.807, 2.05) is 12.1 Å². The zero-order chi connectivity index (χ0) is 14.8. The number of nitrogen functional groups attached to an aromatic ring is 1. The molecule has 0 amide bonds. The number of nitriles is 1. The lowest BCUT2D eigenvalue weighted by Crippen LogP contribution is -2.06. The Morgan fingerprint density at radius 3 is 2.90 bits per heavy atom. The number of pyridine rings is 1. The van der Waals surface area contributed by atoms with Crippen LogP contribution >= 0.6 is 0 Å². The molecule has 106 valence electrons. The Kier molecular flexibility index (Phi) is 3.46. The maximum atomic E-state index is 9.59. The minimum atomic E-state index is 0.168. The van der Waals surface area contributed by atoms with E-state index < -0.39 is 0 Å². The van der Waals surface area contributed by atoms with Gasteiger partial charge in [-0.1, -0.05) is 12.1 Å². The molecule has 21 heavy (non-hydrogen) atoms. The van der Waals surface area contributed by atoms with Gasteiger partial charge in [0.1, 0.15) is 17.6 Å². The number of rotatable bonds is 2. The number of anilines is 1. The number of nitrogens with two attached hydrogens (primary N) is 1. The molecule has 2 aromatic rings. The quantitative estimate of drug-likeness (QED) is 0.881. The van der Waals surface area contributed by atoms with Crippen molar-refractivity contribution in [3.63, 3.8) is 0 Å². The van der Waals surface area contributed by atoms with Crippen molar-refractivity contribution in [1.29, 1.82) is 5.26 Å². The molecule has 5 nitrogen and oxygen atoms in total. The summed E-state index contributed by atoms with van der Waals surface area (Å²) in [5.74, 6) is 0.559. The summed E-state index contributed by atoms with van der Waals surface area (Å²) >= 11 is 0. The van der Waals surface area contributed by atoms with Gasteiger partial charge in [0.05, 0.1) is 17.9 Å². The highest BCUT2D eigenvalue weighted by molar-refractivity contribution is 5.67. The summed E-state index contributed by atoms with van der Waals surface area (Å²) < 4.78 is 5.40. The van der Waals surface area contributed by atoms with Gasteiger partial charge in [-0.3, -0.25) is 0 Å². The third-order valence-corrected chi connectivity index (χ3v) is 3.70. The molecule has 5 heteroatoms. The number of aromatic nitrogens is 1. The van der Waals surface area contributed by atoms with Gasteiger partial charge in [0.15, 0.2) is 0 Å². The first kappa shape index (κ1) is 13.4. The van der Waals surface area contributed by atoms with Crippen LogP contribution < -0.4 is 5.73 Å². The highest BCUT2D eigenvalue weighted by atomic mass is 16.5. The molecule has 1 aliphatic rings. The summed E-state index contributed by atoms with van der Waals surface area (Å²) in [6, 6.07) is 10.8. The maximum absolute atomic E-state index is 9.59. The summed E-state index contributed by atoms with van der Waals surface area (Å²) in [7, 11) is 0. The Hall–Kier alpha value is -2.58. The molecule has 2 heterocycles. The van der Waals surface area contributed by atoms with Crippen LogP contribution in [-0.2, 0) is 4.74 Å². The zero-order valence-electron chi connectivity index (χ0n) is 11.4. The lowest BCUT2D eigenvalue weighted by atomic mass is 9.93. The summed E-state index contributed by atoms with van der Waals surface area (Å²) in [5.41, 5.74) is 8.67. The molecule has 1 atom stereocenters. The van der Waals surface area contributed by atoms with Crippen molar-refractivity contribution in [2.24, 2.45) is 0 Å². The van der Waals surface area contributed by atoms with Crippen molar-refractivity contribution in [1.82, 2.24) is 4.98 Å². The molecular formula is C16H15N3O2. The molecule has 0 bridgehead atoms. The molecule has 1 unspecified atom stereocenters. The van der Waals surface area contributed by atoms with Crippen LogP contribution in [0.3, 0.4) is 0 Å². The largest absolute Gasteiger partial charge is 0.508 e. The van der Waals surface area contributed by atoms with Crippen LogP contribution in [0.25, 0.3) is 11.3 Å². The number of hydrogen-bond donors (Lipinski definition) is 2. The van der Waals surface area contributed by atoms with Gasteiger partial charge in [0.2, 0.25) is 0 Å². The van der Waals surface area contributed by atoms with Gasteiger partial charge < -0.3 is 15.6 Å². The topological polar surface area (TPSA) is 92.2 Å². The molecule has 1 aromatic carbocycles. The number of ether oxygens (including phenoxy) is 1. The van der Waals surface area contributed by atoms with E-state index in [1.165, 1.54) is 0 Å². The SMILES string of the molecule is N#Cc1c(C2CCOC2)cc(-c2cccc(O)c2)nc1N. The van der Waals surface area contributed by atoms with E-state index in [9.17, 15) is 10.4 Å². The second-order valence-corrected chi connectivity index (χ2v) is 5.08. The number of benzene rings is 1. The molecule has 0 radical (unpaired) electrons. The number of aromatic hydroxyl groups is 1. The van der Waals surface area contributed by atoms with E-state index in [-0.39, 0.29) is 17.5 Å². The van der Waals surface area contributed by atoms with Gasteiger partial charge in [-0.2, -0.15) is 5.26 Å². The molecule has 0 aliphatic carbocycles. The summed E-state index contributed by atoms with van der Waals surface area (Å²) in [4.78, 5) is 4.29. The first-order valence-corrected chi connectivity index (χ1v) is 6.76. The lowest BCUT2D eigenvalue weighted by Gasteiger charge is -2.14. The van der Waals surface area contributed by atoms with Crippen LogP contribution in [0.1, 0.15) is 23.5 Å².